The predicted octanol–water partition coefficient (Wildman–Crippen LogP) is 4.21. The molecule has 0 saturated carbocycles. The average Bonchev–Trinajstić information content (AvgIpc) is 3.08. The van der Waals surface area contributed by atoms with Crippen LogP contribution in [0.3, 0.4) is 0 Å². The fraction of sp³-hybridized carbons (Fsp3) is 0.447. The summed E-state index contributed by atoms with van der Waals surface area (Å²) >= 11 is 0. The maximum Gasteiger partial charge on any atom is 0.407 e. The zero-order chi connectivity index (χ0) is 37.8. The Labute approximate surface area is 300 Å². The summed E-state index contributed by atoms with van der Waals surface area (Å²) < 4.78 is 9.54. The monoisotopic (exact) mass is 704 g/mol. The van der Waals surface area contributed by atoms with Crippen LogP contribution in [-0.4, -0.2) is 84.1 Å². The van der Waals surface area contributed by atoms with Crippen LogP contribution in [0.25, 0.3) is 11.3 Å². The normalized spacial score (nSPS) is 14.0. The van der Waals surface area contributed by atoms with Crippen molar-refractivity contribution in [3.8, 4) is 11.3 Å². The standard InChI is InChI=1S/C38H52N6O7/c1-37(2,3)31(41-35(48)50-7)33(46)40-29(22-25-14-10-9-11-15-25)30(45)24-44(43-34(47)32(38(4,5)6)42-36(49)51-8)23-26-17-19-27(20-18-26)28-16-12-13-21-39-28/h9-21,29-32,45H,22-24H2,1-8H3,(H,40,46)(H,41,48)(H,42,49)(H,43,47)/t29?,30-,31-,32-/m1/s1. The number of aromatic nitrogens is 1. The van der Waals surface area contributed by atoms with Gasteiger partial charge in [0.1, 0.15) is 12.1 Å². The Bertz CT molecular complexity index is 1570. The number of methoxy groups -OCH3 is 2. The summed E-state index contributed by atoms with van der Waals surface area (Å²) in [5.41, 5.74) is 4.88. The maximum atomic E-state index is 13.8. The van der Waals surface area contributed by atoms with Crippen molar-refractivity contribution < 1.29 is 33.8 Å². The average molecular weight is 705 g/mol. The first-order valence-corrected chi connectivity index (χ1v) is 16.8. The van der Waals surface area contributed by atoms with E-state index in [4.69, 9.17) is 9.47 Å². The zero-order valence-electron chi connectivity index (χ0n) is 30.7. The number of ether oxygens (including phenoxy) is 2. The number of amides is 4. The topological polar surface area (TPSA) is 171 Å². The Morgan fingerprint density at radius 3 is 1.78 bits per heavy atom. The third kappa shape index (κ3) is 12.7. The number of aliphatic hydroxyl groups is 1. The number of benzene rings is 2. The largest absolute Gasteiger partial charge is 0.453 e. The zero-order valence-corrected chi connectivity index (χ0v) is 30.7. The molecule has 13 nitrogen and oxygen atoms in total. The number of hydrazine groups is 1. The summed E-state index contributed by atoms with van der Waals surface area (Å²) in [4.78, 5) is 56.3. The van der Waals surface area contributed by atoms with Crippen LogP contribution in [0.1, 0.15) is 52.7 Å². The second-order valence-corrected chi connectivity index (χ2v) is 14.5. The lowest BCUT2D eigenvalue weighted by atomic mass is 9.85. The van der Waals surface area contributed by atoms with Gasteiger partial charge in [0, 0.05) is 24.8 Å². The van der Waals surface area contributed by atoms with Gasteiger partial charge in [0.2, 0.25) is 5.91 Å². The van der Waals surface area contributed by atoms with Crippen molar-refractivity contribution in [2.24, 2.45) is 10.8 Å². The van der Waals surface area contributed by atoms with Crippen molar-refractivity contribution in [3.63, 3.8) is 0 Å². The number of alkyl carbamates (subject to hydrolysis) is 2. The molecule has 276 valence electrons. The highest BCUT2D eigenvalue weighted by Gasteiger charge is 2.37. The smallest absolute Gasteiger partial charge is 0.407 e. The van der Waals surface area contributed by atoms with Crippen LogP contribution >= 0.6 is 0 Å². The lowest BCUT2D eigenvalue weighted by Gasteiger charge is -2.35. The number of aliphatic hydroxyl groups excluding tert-OH is 1. The number of hydrogen-bond donors (Lipinski definition) is 5. The van der Waals surface area contributed by atoms with E-state index in [0.29, 0.717) is 0 Å². The van der Waals surface area contributed by atoms with Crippen molar-refractivity contribution in [2.45, 2.75) is 78.7 Å². The van der Waals surface area contributed by atoms with Gasteiger partial charge in [-0.25, -0.2) is 14.6 Å². The second-order valence-electron chi connectivity index (χ2n) is 14.5. The van der Waals surface area contributed by atoms with Gasteiger partial charge in [0.25, 0.3) is 5.91 Å². The van der Waals surface area contributed by atoms with Crippen LogP contribution in [0, 0.1) is 10.8 Å². The van der Waals surface area contributed by atoms with E-state index in [1.54, 1.807) is 32.0 Å². The van der Waals surface area contributed by atoms with E-state index in [-0.39, 0.29) is 19.5 Å². The molecular weight excluding hydrogens is 652 g/mol. The van der Waals surface area contributed by atoms with Gasteiger partial charge in [-0.1, -0.05) is 102 Å². The van der Waals surface area contributed by atoms with Crippen molar-refractivity contribution >= 4 is 24.0 Å². The Balaban J connectivity index is 1.96. The van der Waals surface area contributed by atoms with E-state index < -0.39 is 59.1 Å². The van der Waals surface area contributed by atoms with Gasteiger partial charge < -0.3 is 30.5 Å². The number of carbonyl (C=O) groups is 4. The number of carbonyl (C=O) groups excluding carboxylic acids is 4. The van der Waals surface area contributed by atoms with Gasteiger partial charge in [-0.2, -0.15) is 0 Å². The first kappa shape index (κ1) is 40.4. The Morgan fingerprint density at radius 1 is 0.725 bits per heavy atom. The van der Waals surface area contributed by atoms with Crippen molar-refractivity contribution in [3.05, 3.63) is 90.1 Å². The Morgan fingerprint density at radius 2 is 1.27 bits per heavy atom. The first-order valence-electron chi connectivity index (χ1n) is 16.8. The summed E-state index contributed by atoms with van der Waals surface area (Å²) in [6, 6.07) is 19.8. The lowest BCUT2D eigenvalue weighted by Crippen LogP contribution is -2.60. The highest BCUT2D eigenvalue weighted by atomic mass is 16.5. The molecule has 0 saturated heterocycles. The number of rotatable bonds is 14. The van der Waals surface area contributed by atoms with Gasteiger partial charge in [-0.05, 0) is 40.5 Å². The molecule has 0 radical (unpaired) electrons. The van der Waals surface area contributed by atoms with Crippen molar-refractivity contribution in [1.82, 2.24) is 31.4 Å². The summed E-state index contributed by atoms with van der Waals surface area (Å²) in [5, 5.41) is 21.6. The van der Waals surface area contributed by atoms with Gasteiger partial charge >= 0.3 is 12.2 Å². The van der Waals surface area contributed by atoms with Crippen LogP contribution in [0.2, 0.25) is 0 Å². The highest BCUT2D eigenvalue weighted by Crippen LogP contribution is 2.23. The number of nitrogens with zero attached hydrogens (tertiary/aromatic N) is 2. The third-order valence-electron chi connectivity index (χ3n) is 8.21. The molecule has 1 heterocycles. The summed E-state index contributed by atoms with van der Waals surface area (Å²) in [5.74, 6) is -1.03. The summed E-state index contributed by atoms with van der Waals surface area (Å²) in [7, 11) is 2.44. The van der Waals surface area contributed by atoms with Gasteiger partial charge in [-0.15, -0.1) is 0 Å². The number of nitrogens with one attached hydrogen (secondary N) is 4. The van der Waals surface area contributed by atoms with E-state index in [9.17, 15) is 24.3 Å². The molecule has 1 aromatic heterocycles. The van der Waals surface area contributed by atoms with Gasteiger partial charge in [-0.3, -0.25) is 20.0 Å². The number of hydrogen-bond acceptors (Lipinski definition) is 9. The molecule has 3 rings (SSSR count). The minimum absolute atomic E-state index is 0.120. The fourth-order valence-electron chi connectivity index (χ4n) is 5.38. The van der Waals surface area contributed by atoms with Crippen LogP contribution in [-0.2, 0) is 32.0 Å². The molecule has 51 heavy (non-hydrogen) atoms. The molecule has 2 aromatic carbocycles. The Hall–Kier alpha value is -5.01. The first-order chi connectivity index (χ1) is 24.0. The van der Waals surface area contributed by atoms with Crippen LogP contribution in [0.4, 0.5) is 9.59 Å². The minimum atomic E-state index is -1.22. The molecule has 0 aliphatic heterocycles. The molecule has 4 atom stereocenters. The van der Waals surface area contributed by atoms with E-state index >= 15 is 0 Å². The predicted molar refractivity (Wildman–Crippen MR) is 194 cm³/mol. The van der Waals surface area contributed by atoms with E-state index in [0.717, 1.165) is 22.4 Å². The van der Waals surface area contributed by atoms with E-state index in [1.807, 2.05) is 93.6 Å². The molecule has 0 aliphatic rings. The molecule has 0 aliphatic carbocycles. The minimum Gasteiger partial charge on any atom is -0.453 e. The molecular formula is C38H52N6O7. The molecule has 0 bridgehead atoms. The molecule has 1 unspecified atom stereocenters. The molecule has 13 heteroatoms. The van der Waals surface area contributed by atoms with Gasteiger partial charge in [0.05, 0.1) is 32.1 Å². The van der Waals surface area contributed by atoms with Crippen LogP contribution in [0.5, 0.6) is 0 Å². The SMILES string of the molecule is COC(=O)N[C@H](C(=O)NC(Cc1ccccc1)[C@H](O)CN(Cc1ccc(-c2ccccn2)cc1)NC(=O)[C@@H](NC(=O)OC)C(C)(C)C)C(C)(C)C. The fourth-order valence-corrected chi connectivity index (χ4v) is 5.38. The van der Waals surface area contributed by atoms with Crippen molar-refractivity contribution in [2.75, 3.05) is 20.8 Å². The van der Waals surface area contributed by atoms with Crippen LogP contribution in [0.15, 0.2) is 79.0 Å². The second kappa shape index (κ2) is 18.3. The third-order valence-corrected chi connectivity index (χ3v) is 8.21. The molecule has 0 fully saturated rings. The van der Waals surface area contributed by atoms with Gasteiger partial charge in [0.15, 0.2) is 0 Å². The van der Waals surface area contributed by atoms with Crippen LogP contribution < -0.4 is 21.4 Å². The maximum absolute atomic E-state index is 13.8. The number of pyridine rings is 1. The molecule has 4 amide bonds. The summed E-state index contributed by atoms with van der Waals surface area (Å²) in [6.45, 7) is 10.9. The van der Waals surface area contributed by atoms with Crippen molar-refractivity contribution in [1.29, 1.82) is 0 Å². The van der Waals surface area contributed by atoms with E-state index in [1.165, 1.54) is 14.2 Å². The summed E-state index contributed by atoms with van der Waals surface area (Å²) in [6.07, 6.45) is -0.778. The lowest BCUT2D eigenvalue weighted by molar-refractivity contribution is -0.132. The molecule has 0 spiro atoms. The quantitative estimate of drug-likeness (QED) is 0.154. The Kier molecular flexibility index (Phi) is 14.5. The molecule has 3 aromatic rings. The highest BCUT2D eigenvalue weighted by molar-refractivity contribution is 5.87. The molecule has 5 N–H and O–H groups in total. The van der Waals surface area contributed by atoms with E-state index in [2.05, 4.69) is 26.4 Å².